The molecule has 6 nitrogen and oxygen atoms in total. The standard InChI is InChI=1S/C11H8F2N4O2S2/c12-10(13)11-16-8-2-1-6(3-9(8)20-11)17-21(18,19)7-4-14-15-5-7/h1-5,10,17H,(H,14,15). The number of halogens is 2. The molecule has 0 aliphatic rings. The van der Waals surface area contributed by atoms with Gasteiger partial charge in [0.1, 0.15) is 4.90 Å². The van der Waals surface area contributed by atoms with Crippen LogP contribution in [0, 0.1) is 0 Å². The highest BCUT2D eigenvalue weighted by atomic mass is 32.2. The third-order valence-corrected chi connectivity index (χ3v) is 5.00. The number of fused-ring (bicyclic) bond motifs is 1. The molecule has 1 aromatic carbocycles. The number of H-pyrrole nitrogens is 1. The number of benzene rings is 1. The maximum atomic E-state index is 12.6. The number of thiazole rings is 1. The summed E-state index contributed by atoms with van der Waals surface area (Å²) in [6.07, 6.45) is -0.237. The lowest BCUT2D eigenvalue weighted by atomic mass is 10.3. The lowest BCUT2D eigenvalue weighted by Crippen LogP contribution is -2.11. The van der Waals surface area contributed by atoms with E-state index in [9.17, 15) is 17.2 Å². The molecule has 3 rings (SSSR count). The van der Waals surface area contributed by atoms with Gasteiger partial charge in [-0.25, -0.2) is 22.2 Å². The summed E-state index contributed by atoms with van der Waals surface area (Å²) in [6, 6.07) is 4.43. The molecule has 0 unspecified atom stereocenters. The van der Waals surface area contributed by atoms with Gasteiger partial charge in [-0.05, 0) is 18.2 Å². The molecule has 0 saturated carbocycles. The van der Waals surface area contributed by atoms with Gasteiger partial charge in [-0.3, -0.25) is 9.82 Å². The molecule has 0 atom stereocenters. The quantitative estimate of drug-likeness (QED) is 0.770. The molecule has 110 valence electrons. The summed E-state index contributed by atoms with van der Waals surface area (Å²) in [5, 5.41) is 5.68. The number of hydrogen-bond donors (Lipinski definition) is 2. The van der Waals surface area contributed by atoms with E-state index in [2.05, 4.69) is 19.9 Å². The Labute approximate surface area is 121 Å². The van der Waals surface area contributed by atoms with Crippen LogP contribution in [0.5, 0.6) is 0 Å². The van der Waals surface area contributed by atoms with E-state index in [1.807, 2.05) is 0 Å². The number of sulfonamides is 1. The fourth-order valence-corrected chi connectivity index (χ4v) is 3.52. The Morgan fingerprint density at radius 3 is 2.81 bits per heavy atom. The molecule has 21 heavy (non-hydrogen) atoms. The highest BCUT2D eigenvalue weighted by Gasteiger charge is 2.17. The van der Waals surface area contributed by atoms with Gasteiger partial charge in [0.25, 0.3) is 16.4 Å². The molecule has 3 aromatic rings. The Bertz CT molecular complexity index is 875. The van der Waals surface area contributed by atoms with E-state index >= 15 is 0 Å². The molecule has 0 aliphatic carbocycles. The largest absolute Gasteiger partial charge is 0.289 e. The smallest absolute Gasteiger partial charge is 0.284 e. The van der Waals surface area contributed by atoms with E-state index in [0.717, 1.165) is 11.3 Å². The minimum atomic E-state index is -3.76. The predicted octanol–water partition coefficient (Wildman–Crippen LogP) is 2.76. The van der Waals surface area contributed by atoms with Gasteiger partial charge in [0, 0.05) is 6.20 Å². The highest BCUT2D eigenvalue weighted by molar-refractivity contribution is 7.92. The van der Waals surface area contributed by atoms with Crippen LogP contribution in [-0.4, -0.2) is 23.6 Å². The van der Waals surface area contributed by atoms with Crippen molar-refractivity contribution in [2.45, 2.75) is 11.3 Å². The van der Waals surface area contributed by atoms with E-state index in [1.165, 1.54) is 30.6 Å². The van der Waals surface area contributed by atoms with Crippen LogP contribution in [-0.2, 0) is 10.0 Å². The molecule has 10 heteroatoms. The fourth-order valence-electron chi connectivity index (χ4n) is 1.70. The van der Waals surface area contributed by atoms with Crippen LogP contribution in [0.25, 0.3) is 10.2 Å². The fraction of sp³-hybridized carbons (Fsp3) is 0.0909. The van der Waals surface area contributed by atoms with Crippen molar-refractivity contribution >= 4 is 37.3 Å². The van der Waals surface area contributed by atoms with E-state index in [-0.39, 0.29) is 15.6 Å². The van der Waals surface area contributed by atoms with Crippen molar-refractivity contribution in [1.82, 2.24) is 15.2 Å². The Hall–Kier alpha value is -2.07. The zero-order valence-electron chi connectivity index (χ0n) is 10.2. The second-order valence-corrected chi connectivity index (χ2v) is 6.82. The molecule has 0 fully saturated rings. The van der Waals surface area contributed by atoms with Crippen molar-refractivity contribution in [3.63, 3.8) is 0 Å². The molecular weight excluding hydrogens is 322 g/mol. The summed E-state index contributed by atoms with van der Waals surface area (Å²) in [7, 11) is -3.76. The van der Waals surface area contributed by atoms with Crippen LogP contribution in [0.3, 0.4) is 0 Å². The Kier molecular flexibility index (Phi) is 3.33. The first-order valence-corrected chi connectivity index (χ1v) is 7.96. The van der Waals surface area contributed by atoms with Gasteiger partial charge >= 0.3 is 0 Å². The van der Waals surface area contributed by atoms with E-state index in [1.54, 1.807) is 0 Å². The maximum absolute atomic E-state index is 12.6. The Balaban J connectivity index is 1.95. The summed E-state index contributed by atoms with van der Waals surface area (Å²) in [5.74, 6) is 0. The molecule has 2 N–H and O–H groups in total. The first-order chi connectivity index (χ1) is 9.95. The molecule has 0 amide bonds. The van der Waals surface area contributed by atoms with Gasteiger partial charge in [-0.2, -0.15) is 5.10 Å². The van der Waals surface area contributed by atoms with Crippen molar-refractivity contribution in [1.29, 1.82) is 0 Å². The van der Waals surface area contributed by atoms with E-state index in [0.29, 0.717) is 10.2 Å². The average molecular weight is 330 g/mol. The number of anilines is 1. The Morgan fingerprint density at radius 1 is 1.33 bits per heavy atom. The van der Waals surface area contributed by atoms with Gasteiger partial charge in [0.15, 0.2) is 5.01 Å². The van der Waals surface area contributed by atoms with Crippen molar-refractivity contribution in [2.75, 3.05) is 4.72 Å². The monoisotopic (exact) mass is 330 g/mol. The molecule has 0 spiro atoms. The number of nitrogens with one attached hydrogen (secondary N) is 2. The van der Waals surface area contributed by atoms with Crippen LogP contribution in [0.4, 0.5) is 14.5 Å². The first kappa shape index (κ1) is 13.9. The third-order valence-electron chi connectivity index (χ3n) is 2.63. The van der Waals surface area contributed by atoms with Crippen LogP contribution in [0.1, 0.15) is 11.4 Å². The third kappa shape index (κ3) is 2.72. The number of nitrogens with zero attached hydrogens (tertiary/aromatic N) is 2. The number of hydrogen-bond acceptors (Lipinski definition) is 5. The normalized spacial score (nSPS) is 12.1. The van der Waals surface area contributed by atoms with Crippen molar-refractivity contribution in [3.05, 3.63) is 35.6 Å². The summed E-state index contributed by atoms with van der Waals surface area (Å²) in [6.45, 7) is 0. The van der Waals surface area contributed by atoms with Crippen LogP contribution >= 0.6 is 11.3 Å². The summed E-state index contributed by atoms with van der Waals surface area (Å²) >= 11 is 0.829. The summed E-state index contributed by atoms with van der Waals surface area (Å²) in [4.78, 5) is 3.76. The molecule has 0 radical (unpaired) electrons. The molecule has 0 bridgehead atoms. The van der Waals surface area contributed by atoms with Gasteiger partial charge in [0.2, 0.25) is 0 Å². The van der Waals surface area contributed by atoms with E-state index in [4.69, 9.17) is 0 Å². The number of rotatable bonds is 4. The zero-order valence-corrected chi connectivity index (χ0v) is 11.9. The lowest BCUT2D eigenvalue weighted by molar-refractivity contribution is 0.151. The summed E-state index contributed by atoms with van der Waals surface area (Å²) in [5.41, 5.74) is 0.676. The molecule has 2 heterocycles. The van der Waals surface area contributed by atoms with Crippen molar-refractivity contribution in [2.24, 2.45) is 0 Å². The minimum Gasteiger partial charge on any atom is -0.284 e. The van der Waals surface area contributed by atoms with Crippen LogP contribution in [0.2, 0.25) is 0 Å². The number of aromatic nitrogens is 3. The lowest BCUT2D eigenvalue weighted by Gasteiger charge is -2.05. The van der Waals surface area contributed by atoms with Crippen molar-refractivity contribution in [3.8, 4) is 0 Å². The molecule has 0 aliphatic heterocycles. The minimum absolute atomic E-state index is 0.0137. The maximum Gasteiger partial charge on any atom is 0.289 e. The predicted molar refractivity (Wildman–Crippen MR) is 74.0 cm³/mol. The molecular formula is C11H8F2N4O2S2. The topological polar surface area (TPSA) is 87.7 Å². The second kappa shape index (κ2) is 5.04. The van der Waals surface area contributed by atoms with Crippen LogP contribution in [0.15, 0.2) is 35.5 Å². The van der Waals surface area contributed by atoms with Gasteiger partial charge in [0.05, 0.1) is 22.1 Å². The van der Waals surface area contributed by atoms with Gasteiger partial charge in [-0.15, -0.1) is 11.3 Å². The Morgan fingerprint density at radius 2 is 2.14 bits per heavy atom. The van der Waals surface area contributed by atoms with Gasteiger partial charge < -0.3 is 0 Å². The van der Waals surface area contributed by atoms with Gasteiger partial charge in [-0.1, -0.05) is 0 Å². The molecule has 2 aromatic heterocycles. The number of aromatic amines is 1. The highest BCUT2D eigenvalue weighted by Crippen LogP contribution is 2.31. The van der Waals surface area contributed by atoms with E-state index < -0.39 is 16.4 Å². The zero-order chi connectivity index (χ0) is 15.0. The second-order valence-electron chi connectivity index (χ2n) is 4.07. The summed E-state index contributed by atoms with van der Waals surface area (Å²) < 4.78 is 52.0. The average Bonchev–Trinajstić information content (AvgIpc) is 3.07. The molecule has 0 saturated heterocycles. The van der Waals surface area contributed by atoms with Crippen molar-refractivity contribution < 1.29 is 17.2 Å². The SMILES string of the molecule is O=S(=O)(Nc1ccc2nc(C(F)F)sc2c1)c1cn[nH]c1. The first-order valence-electron chi connectivity index (χ1n) is 5.66. The number of alkyl halides is 2. The van der Waals surface area contributed by atoms with Crippen LogP contribution < -0.4 is 4.72 Å².